The summed E-state index contributed by atoms with van der Waals surface area (Å²) in [4.78, 5) is 8.41. The highest BCUT2D eigenvalue weighted by molar-refractivity contribution is 5.78. The van der Waals surface area contributed by atoms with Gasteiger partial charge in [-0.2, -0.15) is 5.26 Å². The van der Waals surface area contributed by atoms with Gasteiger partial charge in [0.25, 0.3) is 0 Å². The highest BCUT2D eigenvalue weighted by Crippen LogP contribution is 2.30. The second kappa shape index (κ2) is 5.10. The van der Waals surface area contributed by atoms with Gasteiger partial charge >= 0.3 is 0 Å². The summed E-state index contributed by atoms with van der Waals surface area (Å²) in [6.07, 6.45) is 5.36. The molecule has 0 aliphatic rings. The van der Waals surface area contributed by atoms with Crippen LogP contribution in [0.25, 0.3) is 22.5 Å². The van der Waals surface area contributed by atoms with Crippen LogP contribution in [-0.2, 0) is 7.05 Å². The summed E-state index contributed by atoms with van der Waals surface area (Å²) in [5, 5.41) is 9.36. The number of anilines is 1. The molecule has 0 spiro atoms. The van der Waals surface area contributed by atoms with Crippen LogP contribution in [0.3, 0.4) is 0 Å². The van der Waals surface area contributed by atoms with E-state index in [2.05, 4.69) is 16.0 Å². The summed E-state index contributed by atoms with van der Waals surface area (Å²) in [6.45, 7) is 0. The van der Waals surface area contributed by atoms with E-state index < -0.39 is 0 Å². The van der Waals surface area contributed by atoms with Crippen LogP contribution < -0.4 is 5.73 Å². The van der Waals surface area contributed by atoms with Crippen LogP contribution in [0.4, 0.5) is 5.82 Å². The monoisotopic (exact) mass is 275 g/mol. The van der Waals surface area contributed by atoms with Gasteiger partial charge in [0, 0.05) is 42.5 Å². The number of aromatic nitrogens is 3. The summed E-state index contributed by atoms with van der Waals surface area (Å²) < 4.78 is 1.95. The Morgan fingerprint density at radius 2 is 2.14 bits per heavy atom. The van der Waals surface area contributed by atoms with Gasteiger partial charge in [-0.1, -0.05) is 0 Å². The number of nitriles is 1. The van der Waals surface area contributed by atoms with Crippen molar-refractivity contribution in [2.75, 3.05) is 5.73 Å². The predicted octanol–water partition coefficient (Wildman–Crippen LogP) is 2.60. The average molecular weight is 275 g/mol. The Morgan fingerprint density at radius 3 is 2.76 bits per heavy atom. The zero-order valence-corrected chi connectivity index (χ0v) is 11.5. The minimum Gasteiger partial charge on any atom is -0.383 e. The Morgan fingerprint density at radius 1 is 1.29 bits per heavy atom. The molecule has 0 aromatic carbocycles. The Labute approximate surface area is 122 Å². The van der Waals surface area contributed by atoms with Crippen LogP contribution in [0.15, 0.2) is 48.9 Å². The molecule has 0 radical (unpaired) electrons. The van der Waals surface area contributed by atoms with Crippen molar-refractivity contribution in [3.8, 4) is 28.6 Å². The van der Waals surface area contributed by atoms with Gasteiger partial charge in [-0.15, -0.1) is 0 Å². The van der Waals surface area contributed by atoms with Crippen molar-refractivity contribution in [1.82, 2.24) is 14.5 Å². The maximum Gasteiger partial charge on any atom is 0.142 e. The molecule has 102 valence electrons. The van der Waals surface area contributed by atoms with Gasteiger partial charge in [-0.3, -0.25) is 4.98 Å². The first-order chi connectivity index (χ1) is 10.2. The van der Waals surface area contributed by atoms with E-state index in [1.165, 1.54) is 0 Å². The maximum atomic E-state index is 9.36. The first-order valence-electron chi connectivity index (χ1n) is 6.43. The highest BCUT2D eigenvalue weighted by atomic mass is 14.9. The molecule has 0 unspecified atom stereocenters. The number of nitrogens with zero attached hydrogens (tertiary/aromatic N) is 4. The Bertz CT molecular complexity index is 828. The molecule has 0 atom stereocenters. The normalized spacial score (nSPS) is 10.3. The van der Waals surface area contributed by atoms with Crippen molar-refractivity contribution >= 4 is 5.82 Å². The van der Waals surface area contributed by atoms with E-state index in [0.29, 0.717) is 11.3 Å². The molecule has 0 saturated carbocycles. The molecule has 3 aromatic heterocycles. The smallest absolute Gasteiger partial charge is 0.142 e. The average Bonchev–Trinajstić information content (AvgIpc) is 2.93. The van der Waals surface area contributed by atoms with Crippen LogP contribution in [0.1, 0.15) is 5.56 Å². The standard InChI is InChI=1S/C16H13N5/c1-21-7-3-5-15(21)12-8-14(11-4-2-6-19-10-11)20-16(18)13(12)9-17/h2-8,10H,1H3,(H2,18,20). The molecule has 0 aliphatic carbocycles. The third-order valence-corrected chi connectivity index (χ3v) is 3.34. The Balaban J connectivity index is 2.26. The molecular weight excluding hydrogens is 262 g/mol. The van der Waals surface area contributed by atoms with Crippen LogP contribution in [0.5, 0.6) is 0 Å². The van der Waals surface area contributed by atoms with Gasteiger partial charge in [0.2, 0.25) is 0 Å². The molecule has 3 heterocycles. The van der Waals surface area contributed by atoms with Crippen LogP contribution >= 0.6 is 0 Å². The number of hydrogen-bond acceptors (Lipinski definition) is 4. The molecule has 0 bridgehead atoms. The third-order valence-electron chi connectivity index (χ3n) is 3.34. The lowest BCUT2D eigenvalue weighted by Crippen LogP contribution is -2.01. The van der Waals surface area contributed by atoms with Crippen LogP contribution in [-0.4, -0.2) is 14.5 Å². The minimum atomic E-state index is 0.232. The molecule has 0 aliphatic heterocycles. The minimum absolute atomic E-state index is 0.232. The van der Waals surface area contributed by atoms with E-state index in [1.54, 1.807) is 12.4 Å². The van der Waals surface area contributed by atoms with Gasteiger partial charge in [-0.25, -0.2) is 4.98 Å². The quantitative estimate of drug-likeness (QED) is 0.779. The molecule has 2 N–H and O–H groups in total. The summed E-state index contributed by atoms with van der Waals surface area (Å²) in [5.41, 5.74) is 9.62. The lowest BCUT2D eigenvalue weighted by molar-refractivity contribution is 0.936. The number of aryl methyl sites for hydroxylation is 1. The third kappa shape index (κ3) is 2.23. The topological polar surface area (TPSA) is 80.5 Å². The molecule has 3 aromatic rings. The lowest BCUT2D eigenvalue weighted by Gasteiger charge is -2.10. The highest BCUT2D eigenvalue weighted by Gasteiger charge is 2.14. The SMILES string of the molecule is Cn1cccc1-c1cc(-c2cccnc2)nc(N)c1C#N. The second-order valence-corrected chi connectivity index (χ2v) is 4.67. The molecular formula is C16H13N5. The lowest BCUT2D eigenvalue weighted by atomic mass is 10.0. The van der Waals surface area contributed by atoms with Crippen molar-refractivity contribution in [1.29, 1.82) is 5.26 Å². The molecule has 5 heteroatoms. The molecule has 21 heavy (non-hydrogen) atoms. The van der Waals surface area contributed by atoms with Crippen molar-refractivity contribution < 1.29 is 0 Å². The fraction of sp³-hybridized carbons (Fsp3) is 0.0625. The van der Waals surface area contributed by atoms with Crippen LogP contribution in [0, 0.1) is 11.3 Å². The molecule has 3 rings (SSSR count). The summed E-state index contributed by atoms with van der Waals surface area (Å²) in [6, 6.07) is 11.6. The predicted molar refractivity (Wildman–Crippen MR) is 81.0 cm³/mol. The van der Waals surface area contributed by atoms with Gasteiger partial charge < -0.3 is 10.3 Å². The Hall–Kier alpha value is -3.13. The van der Waals surface area contributed by atoms with E-state index in [-0.39, 0.29) is 5.82 Å². The van der Waals surface area contributed by atoms with E-state index >= 15 is 0 Å². The van der Waals surface area contributed by atoms with Crippen LogP contribution in [0.2, 0.25) is 0 Å². The maximum absolute atomic E-state index is 9.36. The van der Waals surface area contributed by atoms with Gasteiger partial charge in [0.15, 0.2) is 0 Å². The summed E-state index contributed by atoms with van der Waals surface area (Å²) >= 11 is 0. The van der Waals surface area contributed by atoms with Crippen molar-refractivity contribution in [2.24, 2.45) is 7.05 Å². The zero-order chi connectivity index (χ0) is 14.8. The van der Waals surface area contributed by atoms with Crippen molar-refractivity contribution in [3.05, 3.63) is 54.5 Å². The van der Waals surface area contributed by atoms with Gasteiger partial charge in [0.1, 0.15) is 17.5 Å². The first kappa shape index (κ1) is 12.9. The largest absolute Gasteiger partial charge is 0.383 e. The van der Waals surface area contributed by atoms with E-state index in [0.717, 1.165) is 16.8 Å². The van der Waals surface area contributed by atoms with E-state index in [4.69, 9.17) is 5.73 Å². The fourth-order valence-corrected chi connectivity index (χ4v) is 2.29. The number of nitrogens with two attached hydrogens (primary N) is 1. The van der Waals surface area contributed by atoms with Gasteiger partial charge in [0.05, 0.1) is 5.69 Å². The Kier molecular flexibility index (Phi) is 3.13. The zero-order valence-electron chi connectivity index (χ0n) is 11.5. The van der Waals surface area contributed by atoms with Gasteiger partial charge in [-0.05, 0) is 30.3 Å². The number of rotatable bonds is 2. The van der Waals surface area contributed by atoms with E-state index in [1.807, 2.05) is 48.1 Å². The molecule has 5 nitrogen and oxygen atoms in total. The molecule has 0 amide bonds. The number of pyridine rings is 2. The fourth-order valence-electron chi connectivity index (χ4n) is 2.29. The second-order valence-electron chi connectivity index (χ2n) is 4.67. The number of nitrogen functional groups attached to an aromatic ring is 1. The summed E-state index contributed by atoms with van der Waals surface area (Å²) in [7, 11) is 1.93. The van der Waals surface area contributed by atoms with E-state index in [9.17, 15) is 5.26 Å². The van der Waals surface area contributed by atoms with Crippen molar-refractivity contribution in [3.63, 3.8) is 0 Å². The first-order valence-corrected chi connectivity index (χ1v) is 6.43. The molecule has 0 saturated heterocycles. The molecule has 0 fully saturated rings. The summed E-state index contributed by atoms with van der Waals surface area (Å²) in [5.74, 6) is 0.232. The van der Waals surface area contributed by atoms with Crippen molar-refractivity contribution in [2.45, 2.75) is 0 Å². The number of hydrogen-bond donors (Lipinski definition) is 1.